The van der Waals surface area contributed by atoms with E-state index in [0.717, 1.165) is 25.7 Å². The van der Waals surface area contributed by atoms with Gasteiger partial charge in [-0.2, -0.15) is 0 Å². The molecular weight excluding hydrogens is 321 g/mol. The molecule has 0 saturated heterocycles. The smallest absolute Gasteiger partial charge is 0.269 e. The van der Waals surface area contributed by atoms with E-state index in [-0.39, 0.29) is 33.7 Å². The third-order valence-electron chi connectivity index (χ3n) is 2.97. The Bertz CT molecular complexity index is 512. The van der Waals surface area contributed by atoms with Crippen molar-refractivity contribution >= 4 is 33.4 Å². The summed E-state index contributed by atoms with van der Waals surface area (Å²) in [6, 6.07) is 0.247. The van der Waals surface area contributed by atoms with E-state index in [4.69, 9.17) is 11.6 Å². The van der Waals surface area contributed by atoms with Crippen molar-refractivity contribution in [3.05, 3.63) is 26.3 Å². The fourth-order valence-corrected chi connectivity index (χ4v) is 2.51. The van der Waals surface area contributed by atoms with Crippen LogP contribution in [0.3, 0.4) is 0 Å². The Morgan fingerprint density at radius 2 is 2.22 bits per heavy atom. The van der Waals surface area contributed by atoms with Crippen LogP contribution in [0, 0.1) is 0 Å². The van der Waals surface area contributed by atoms with Crippen LogP contribution in [0.25, 0.3) is 0 Å². The molecule has 18 heavy (non-hydrogen) atoms. The molecule has 1 N–H and O–H groups in total. The SMILES string of the molecule is O=C(Cn1cnc(Cl)c(Br)c1=O)NC1CCCC1. The van der Waals surface area contributed by atoms with E-state index in [2.05, 4.69) is 26.2 Å². The number of rotatable bonds is 3. The van der Waals surface area contributed by atoms with Crippen LogP contribution in [-0.4, -0.2) is 21.5 Å². The number of aromatic nitrogens is 2. The quantitative estimate of drug-likeness (QED) is 0.856. The molecule has 1 fully saturated rings. The molecule has 5 nitrogen and oxygen atoms in total. The third-order valence-corrected chi connectivity index (χ3v) is 4.20. The fraction of sp³-hybridized carbons (Fsp3) is 0.545. The first-order valence-corrected chi connectivity index (χ1v) is 6.95. The number of hydrogen-bond donors (Lipinski definition) is 1. The molecule has 98 valence electrons. The van der Waals surface area contributed by atoms with Crippen molar-refractivity contribution in [1.29, 1.82) is 0 Å². The van der Waals surface area contributed by atoms with Gasteiger partial charge < -0.3 is 5.32 Å². The summed E-state index contributed by atoms with van der Waals surface area (Å²) in [5.74, 6) is -0.167. The Hall–Kier alpha value is -0.880. The number of carbonyl (C=O) groups excluding carboxylic acids is 1. The summed E-state index contributed by atoms with van der Waals surface area (Å²) >= 11 is 8.74. The first-order chi connectivity index (χ1) is 8.58. The number of amides is 1. The molecule has 1 aliphatic carbocycles. The van der Waals surface area contributed by atoms with Gasteiger partial charge in [-0.05, 0) is 28.8 Å². The number of nitrogens with one attached hydrogen (secondary N) is 1. The van der Waals surface area contributed by atoms with Crippen LogP contribution in [0.5, 0.6) is 0 Å². The van der Waals surface area contributed by atoms with Gasteiger partial charge in [0.05, 0.1) is 6.33 Å². The topological polar surface area (TPSA) is 64.0 Å². The molecule has 7 heteroatoms. The van der Waals surface area contributed by atoms with E-state index in [9.17, 15) is 9.59 Å². The summed E-state index contributed by atoms with van der Waals surface area (Å²) in [5, 5.41) is 3.02. The molecule has 1 saturated carbocycles. The Balaban J connectivity index is 2.03. The number of halogens is 2. The second-order valence-corrected chi connectivity index (χ2v) is 5.48. The lowest BCUT2D eigenvalue weighted by molar-refractivity contribution is -0.122. The van der Waals surface area contributed by atoms with Crippen molar-refractivity contribution in [1.82, 2.24) is 14.9 Å². The molecule has 1 aromatic rings. The highest BCUT2D eigenvalue weighted by Gasteiger charge is 2.17. The maximum absolute atomic E-state index is 11.8. The minimum absolute atomic E-state index is 0.0297. The van der Waals surface area contributed by atoms with Crippen LogP contribution in [0.15, 0.2) is 15.6 Å². The van der Waals surface area contributed by atoms with Crippen LogP contribution in [0.1, 0.15) is 25.7 Å². The zero-order valence-electron chi connectivity index (χ0n) is 9.66. The second-order valence-electron chi connectivity index (χ2n) is 4.33. The van der Waals surface area contributed by atoms with E-state index >= 15 is 0 Å². The minimum atomic E-state index is -0.350. The van der Waals surface area contributed by atoms with Gasteiger partial charge in [0.1, 0.15) is 11.0 Å². The molecular formula is C11H13BrClN3O2. The molecule has 0 radical (unpaired) electrons. The van der Waals surface area contributed by atoms with Crippen molar-refractivity contribution in [3.63, 3.8) is 0 Å². The highest BCUT2D eigenvalue weighted by atomic mass is 79.9. The highest BCUT2D eigenvalue weighted by Crippen LogP contribution is 2.17. The van der Waals surface area contributed by atoms with Crippen molar-refractivity contribution in [2.24, 2.45) is 0 Å². The Kier molecular flexibility index (Phi) is 4.40. The van der Waals surface area contributed by atoms with Gasteiger partial charge >= 0.3 is 0 Å². The van der Waals surface area contributed by atoms with Gasteiger partial charge in [-0.1, -0.05) is 24.4 Å². The lowest BCUT2D eigenvalue weighted by Gasteiger charge is -2.12. The first kappa shape index (κ1) is 13.5. The van der Waals surface area contributed by atoms with Crippen molar-refractivity contribution < 1.29 is 4.79 Å². The van der Waals surface area contributed by atoms with Gasteiger partial charge in [-0.15, -0.1) is 0 Å². The van der Waals surface area contributed by atoms with Gasteiger partial charge in [0.2, 0.25) is 5.91 Å². The average Bonchev–Trinajstić information content (AvgIpc) is 2.83. The molecule has 0 spiro atoms. The lowest BCUT2D eigenvalue weighted by Crippen LogP contribution is -2.37. The second kappa shape index (κ2) is 5.84. The van der Waals surface area contributed by atoms with Gasteiger partial charge in [-0.3, -0.25) is 14.2 Å². The van der Waals surface area contributed by atoms with E-state index < -0.39 is 0 Å². The van der Waals surface area contributed by atoms with Crippen LogP contribution in [-0.2, 0) is 11.3 Å². The Labute approximate surface area is 118 Å². The predicted octanol–water partition coefficient (Wildman–Crippen LogP) is 1.72. The fourth-order valence-electron chi connectivity index (χ4n) is 2.05. The molecule has 1 aliphatic rings. The molecule has 1 amide bonds. The van der Waals surface area contributed by atoms with E-state index in [1.165, 1.54) is 10.9 Å². The van der Waals surface area contributed by atoms with Crippen LogP contribution in [0.4, 0.5) is 0 Å². The number of nitrogens with zero attached hydrogens (tertiary/aromatic N) is 2. The summed E-state index contributed by atoms with van der Waals surface area (Å²) in [6.45, 7) is -0.0297. The van der Waals surface area contributed by atoms with Crippen molar-refractivity contribution in [2.45, 2.75) is 38.3 Å². The van der Waals surface area contributed by atoms with Gasteiger partial charge in [0.25, 0.3) is 5.56 Å². The first-order valence-electron chi connectivity index (χ1n) is 5.77. The van der Waals surface area contributed by atoms with Gasteiger partial charge in [0, 0.05) is 6.04 Å². The van der Waals surface area contributed by atoms with Gasteiger partial charge in [-0.25, -0.2) is 4.98 Å². The van der Waals surface area contributed by atoms with E-state index in [1.807, 2.05) is 0 Å². The van der Waals surface area contributed by atoms with Crippen LogP contribution in [0.2, 0.25) is 5.15 Å². The van der Waals surface area contributed by atoms with Gasteiger partial charge in [0.15, 0.2) is 5.15 Å². The Morgan fingerprint density at radius 3 is 2.89 bits per heavy atom. The van der Waals surface area contributed by atoms with Crippen LogP contribution < -0.4 is 10.9 Å². The molecule has 0 atom stereocenters. The minimum Gasteiger partial charge on any atom is -0.352 e. The Morgan fingerprint density at radius 1 is 1.56 bits per heavy atom. The molecule has 0 bridgehead atoms. The molecule has 0 unspecified atom stereocenters. The summed E-state index contributed by atoms with van der Waals surface area (Å²) in [4.78, 5) is 27.4. The lowest BCUT2D eigenvalue weighted by atomic mass is 10.2. The molecule has 1 aromatic heterocycles. The zero-order valence-corrected chi connectivity index (χ0v) is 12.0. The normalized spacial score (nSPS) is 15.9. The van der Waals surface area contributed by atoms with E-state index in [1.54, 1.807) is 0 Å². The zero-order chi connectivity index (χ0) is 13.1. The summed E-state index contributed by atoms with van der Waals surface area (Å²) in [7, 11) is 0. The molecule has 1 heterocycles. The molecule has 0 aliphatic heterocycles. The van der Waals surface area contributed by atoms with Crippen molar-refractivity contribution in [3.8, 4) is 0 Å². The molecule has 2 rings (SSSR count). The predicted molar refractivity (Wildman–Crippen MR) is 71.6 cm³/mol. The summed E-state index contributed by atoms with van der Waals surface area (Å²) < 4.78 is 1.42. The maximum atomic E-state index is 11.8. The maximum Gasteiger partial charge on any atom is 0.269 e. The van der Waals surface area contributed by atoms with E-state index in [0.29, 0.717) is 0 Å². The standard InChI is InChI=1S/C11H13BrClN3O2/c12-9-10(13)14-6-16(11(9)18)5-8(17)15-7-3-1-2-4-7/h6-7H,1-5H2,(H,15,17). The number of hydrogen-bond acceptors (Lipinski definition) is 3. The summed E-state index contributed by atoms with van der Waals surface area (Å²) in [5.41, 5.74) is -0.350. The van der Waals surface area contributed by atoms with Crippen molar-refractivity contribution in [2.75, 3.05) is 0 Å². The third kappa shape index (κ3) is 3.11. The highest BCUT2D eigenvalue weighted by molar-refractivity contribution is 9.10. The average molecular weight is 335 g/mol. The molecule has 0 aromatic carbocycles. The monoisotopic (exact) mass is 333 g/mol. The van der Waals surface area contributed by atoms with Crippen LogP contribution >= 0.6 is 27.5 Å². The number of carbonyl (C=O) groups is 1. The summed E-state index contributed by atoms with van der Waals surface area (Å²) in [6.07, 6.45) is 5.62. The largest absolute Gasteiger partial charge is 0.352 e.